The first kappa shape index (κ1) is 16.0. The number of carbonyl (C=O) groups is 1. The first-order valence-corrected chi connectivity index (χ1v) is 9.25. The van der Waals surface area contributed by atoms with Crippen molar-refractivity contribution in [1.82, 2.24) is 5.32 Å². The van der Waals surface area contributed by atoms with Crippen molar-refractivity contribution in [2.75, 3.05) is 18.1 Å². The number of rotatable bonds is 3. The van der Waals surface area contributed by atoms with E-state index in [1.165, 1.54) is 11.3 Å². The second kappa shape index (κ2) is 6.18. The lowest BCUT2D eigenvalue weighted by Gasteiger charge is -2.23. The number of amides is 1. The SMILES string of the molecule is CC1(NC(=O)c2csc(C#CCCO)c2)CCS(=O)(=O)C1. The van der Waals surface area contributed by atoms with Crippen LogP contribution >= 0.6 is 11.3 Å². The summed E-state index contributed by atoms with van der Waals surface area (Å²) in [6.45, 7) is 1.77. The molecule has 1 saturated heterocycles. The lowest BCUT2D eigenvalue weighted by Crippen LogP contribution is -2.46. The van der Waals surface area contributed by atoms with Crippen LogP contribution in [0.25, 0.3) is 0 Å². The van der Waals surface area contributed by atoms with Crippen LogP contribution in [-0.4, -0.2) is 43.1 Å². The summed E-state index contributed by atoms with van der Waals surface area (Å²) < 4.78 is 23.1. The van der Waals surface area contributed by atoms with Crippen LogP contribution in [0.2, 0.25) is 0 Å². The Balaban J connectivity index is 2.03. The number of sulfone groups is 1. The van der Waals surface area contributed by atoms with Crippen LogP contribution in [0.15, 0.2) is 11.4 Å². The van der Waals surface area contributed by atoms with Crippen LogP contribution in [0.4, 0.5) is 0 Å². The molecule has 1 aromatic heterocycles. The van der Waals surface area contributed by atoms with Crippen molar-refractivity contribution in [2.45, 2.75) is 25.3 Å². The zero-order valence-corrected chi connectivity index (χ0v) is 13.3. The molecule has 0 saturated carbocycles. The van der Waals surface area contributed by atoms with Crippen LogP contribution in [0.1, 0.15) is 35.0 Å². The molecular formula is C14H17NO4S2. The van der Waals surface area contributed by atoms with Crippen molar-refractivity contribution in [1.29, 1.82) is 0 Å². The molecule has 1 fully saturated rings. The van der Waals surface area contributed by atoms with Gasteiger partial charge in [0.15, 0.2) is 9.84 Å². The molecule has 1 amide bonds. The third kappa shape index (κ3) is 4.30. The zero-order valence-electron chi connectivity index (χ0n) is 11.7. The maximum absolute atomic E-state index is 12.2. The average molecular weight is 327 g/mol. The Kier molecular flexibility index (Phi) is 4.71. The Hall–Kier alpha value is -1.36. The molecule has 1 unspecified atom stereocenters. The molecule has 0 radical (unpaired) electrons. The molecule has 0 spiro atoms. The van der Waals surface area contributed by atoms with E-state index >= 15 is 0 Å². The van der Waals surface area contributed by atoms with Crippen molar-refractivity contribution in [2.24, 2.45) is 0 Å². The molecule has 1 aromatic rings. The number of carbonyl (C=O) groups excluding carboxylic acids is 1. The quantitative estimate of drug-likeness (QED) is 0.804. The van der Waals surface area contributed by atoms with Crippen LogP contribution in [0.5, 0.6) is 0 Å². The molecule has 1 aliphatic heterocycles. The summed E-state index contributed by atoms with van der Waals surface area (Å²) in [5.74, 6) is 5.49. The van der Waals surface area contributed by atoms with Gasteiger partial charge < -0.3 is 10.4 Å². The molecule has 2 heterocycles. The molecule has 7 heteroatoms. The van der Waals surface area contributed by atoms with Gasteiger partial charge in [-0.05, 0) is 19.4 Å². The molecule has 0 aromatic carbocycles. The summed E-state index contributed by atoms with van der Waals surface area (Å²) in [4.78, 5) is 12.9. The van der Waals surface area contributed by atoms with E-state index in [9.17, 15) is 13.2 Å². The molecule has 2 rings (SSSR count). The molecule has 21 heavy (non-hydrogen) atoms. The van der Waals surface area contributed by atoms with E-state index in [0.29, 0.717) is 18.4 Å². The highest BCUT2D eigenvalue weighted by Crippen LogP contribution is 2.24. The predicted molar refractivity (Wildman–Crippen MR) is 82.0 cm³/mol. The average Bonchev–Trinajstić information content (AvgIpc) is 2.95. The topological polar surface area (TPSA) is 83.5 Å². The lowest BCUT2D eigenvalue weighted by atomic mass is 10.0. The summed E-state index contributed by atoms with van der Waals surface area (Å²) in [6.07, 6.45) is 0.837. The summed E-state index contributed by atoms with van der Waals surface area (Å²) in [5, 5.41) is 13.2. The first-order chi connectivity index (χ1) is 9.84. The Morgan fingerprint density at radius 1 is 1.57 bits per heavy atom. The standard InChI is InChI=1S/C14H17NO4S2/c1-14(5-7-21(18,19)10-14)15-13(17)11-8-12(20-9-11)4-2-3-6-16/h8-9,16H,3,5-7,10H2,1H3,(H,15,17). The lowest BCUT2D eigenvalue weighted by molar-refractivity contribution is 0.0916. The smallest absolute Gasteiger partial charge is 0.252 e. The monoisotopic (exact) mass is 327 g/mol. The van der Waals surface area contributed by atoms with Crippen molar-refractivity contribution in [3.05, 3.63) is 21.9 Å². The van der Waals surface area contributed by atoms with E-state index in [1.807, 2.05) is 0 Å². The van der Waals surface area contributed by atoms with Crippen LogP contribution < -0.4 is 5.32 Å². The molecule has 1 aliphatic rings. The number of aliphatic hydroxyl groups is 1. The van der Waals surface area contributed by atoms with Gasteiger partial charge in [0.05, 0.1) is 34.1 Å². The normalized spacial score (nSPS) is 23.3. The Labute approximate surface area is 128 Å². The second-order valence-corrected chi connectivity index (χ2v) is 8.43. The molecule has 0 aliphatic carbocycles. The first-order valence-electron chi connectivity index (χ1n) is 6.55. The minimum absolute atomic E-state index is 0.0124. The molecule has 2 N–H and O–H groups in total. The van der Waals surface area contributed by atoms with Crippen LogP contribution in [0.3, 0.4) is 0 Å². The summed E-state index contributed by atoms with van der Waals surface area (Å²) in [5.41, 5.74) is -0.209. The zero-order chi connectivity index (χ0) is 15.5. The van der Waals surface area contributed by atoms with Crippen LogP contribution in [0, 0.1) is 11.8 Å². The highest BCUT2D eigenvalue weighted by molar-refractivity contribution is 7.91. The summed E-state index contributed by atoms with van der Waals surface area (Å²) >= 11 is 1.35. The fourth-order valence-corrected chi connectivity index (χ4v) is 5.03. The van der Waals surface area contributed by atoms with Gasteiger partial charge in [0.1, 0.15) is 0 Å². The minimum atomic E-state index is -3.05. The van der Waals surface area contributed by atoms with Gasteiger partial charge in [0.25, 0.3) is 5.91 Å². The third-order valence-corrected chi connectivity index (χ3v) is 5.98. The van der Waals surface area contributed by atoms with Crippen molar-refractivity contribution in [3.63, 3.8) is 0 Å². The van der Waals surface area contributed by atoms with Crippen LogP contribution in [-0.2, 0) is 9.84 Å². The Morgan fingerprint density at radius 2 is 2.33 bits per heavy atom. The van der Waals surface area contributed by atoms with Gasteiger partial charge in [-0.15, -0.1) is 11.3 Å². The van der Waals surface area contributed by atoms with Crippen molar-refractivity contribution < 1.29 is 18.3 Å². The van der Waals surface area contributed by atoms with Crippen molar-refractivity contribution >= 4 is 27.1 Å². The fraction of sp³-hybridized carbons (Fsp3) is 0.500. The highest BCUT2D eigenvalue weighted by atomic mass is 32.2. The Bertz CT molecular complexity index is 696. The van der Waals surface area contributed by atoms with Gasteiger partial charge in [-0.2, -0.15) is 0 Å². The van der Waals surface area contributed by atoms with Gasteiger partial charge in [0.2, 0.25) is 0 Å². The molecule has 114 valence electrons. The molecule has 5 nitrogen and oxygen atoms in total. The van der Waals surface area contributed by atoms with E-state index in [1.54, 1.807) is 18.4 Å². The van der Waals surface area contributed by atoms with E-state index in [0.717, 1.165) is 4.88 Å². The molecule has 1 atom stereocenters. The largest absolute Gasteiger partial charge is 0.395 e. The highest BCUT2D eigenvalue weighted by Gasteiger charge is 2.39. The third-order valence-electron chi connectivity index (χ3n) is 3.23. The molecular weight excluding hydrogens is 310 g/mol. The van der Waals surface area contributed by atoms with Gasteiger partial charge in [-0.25, -0.2) is 8.42 Å². The predicted octanol–water partition coefficient (Wildman–Crippen LogP) is 0.789. The van der Waals surface area contributed by atoms with Crippen molar-refractivity contribution in [3.8, 4) is 11.8 Å². The molecule has 0 bridgehead atoms. The summed E-state index contributed by atoms with van der Waals surface area (Å²) in [6, 6.07) is 1.68. The maximum atomic E-state index is 12.2. The van der Waals surface area contributed by atoms with E-state index in [4.69, 9.17) is 5.11 Å². The van der Waals surface area contributed by atoms with Gasteiger partial charge >= 0.3 is 0 Å². The van der Waals surface area contributed by atoms with E-state index in [-0.39, 0.29) is 24.0 Å². The fourth-order valence-electron chi connectivity index (χ4n) is 2.18. The van der Waals surface area contributed by atoms with Gasteiger partial charge in [-0.3, -0.25) is 4.79 Å². The van der Waals surface area contributed by atoms with E-state index in [2.05, 4.69) is 17.2 Å². The second-order valence-electron chi connectivity index (χ2n) is 5.33. The number of nitrogens with one attached hydrogen (secondary N) is 1. The van der Waals surface area contributed by atoms with Gasteiger partial charge in [-0.1, -0.05) is 11.8 Å². The Morgan fingerprint density at radius 3 is 2.95 bits per heavy atom. The number of hydrogen-bond acceptors (Lipinski definition) is 5. The number of thiophene rings is 1. The van der Waals surface area contributed by atoms with E-state index < -0.39 is 15.4 Å². The number of hydrogen-bond donors (Lipinski definition) is 2. The minimum Gasteiger partial charge on any atom is -0.395 e. The summed E-state index contributed by atoms with van der Waals surface area (Å²) in [7, 11) is -3.05. The van der Waals surface area contributed by atoms with Gasteiger partial charge in [0, 0.05) is 11.8 Å². The number of aliphatic hydroxyl groups excluding tert-OH is 1. The maximum Gasteiger partial charge on any atom is 0.252 e.